The minimum Gasteiger partial charge on any atom is -0.467 e. The van der Waals surface area contributed by atoms with Crippen LogP contribution in [0.3, 0.4) is 0 Å². The van der Waals surface area contributed by atoms with Crippen LogP contribution >= 0.6 is 0 Å². The largest absolute Gasteiger partial charge is 0.467 e. The van der Waals surface area contributed by atoms with Crippen molar-refractivity contribution in [3.8, 4) is 0 Å². The molecule has 0 radical (unpaired) electrons. The summed E-state index contributed by atoms with van der Waals surface area (Å²) in [4.78, 5) is 25.0. The molecule has 0 unspecified atom stereocenters. The molecule has 1 amide bonds. The van der Waals surface area contributed by atoms with Gasteiger partial charge in [0.25, 0.3) is 0 Å². The Kier molecular flexibility index (Phi) is 4.22. The third-order valence-corrected chi connectivity index (χ3v) is 3.27. The average Bonchev–Trinajstić information content (AvgIpc) is 2.45. The summed E-state index contributed by atoms with van der Waals surface area (Å²) in [5.74, 6) is -0.878. The fourth-order valence-electron chi connectivity index (χ4n) is 2.30. The lowest BCUT2D eigenvalue weighted by molar-refractivity contribution is -0.147. The van der Waals surface area contributed by atoms with E-state index in [1.165, 1.54) is 24.1 Å². The maximum Gasteiger partial charge on any atom is 0.410 e. The Balaban J connectivity index is 2.32. The Morgan fingerprint density at radius 3 is 2.80 bits per heavy atom. The number of benzene rings is 1. The minimum absolute atomic E-state index is 0.131. The molecule has 0 saturated carbocycles. The van der Waals surface area contributed by atoms with Crippen LogP contribution in [-0.4, -0.2) is 36.7 Å². The van der Waals surface area contributed by atoms with Crippen LogP contribution in [0.15, 0.2) is 18.2 Å². The fourth-order valence-corrected chi connectivity index (χ4v) is 2.30. The molecule has 0 spiro atoms. The number of esters is 1. The van der Waals surface area contributed by atoms with Gasteiger partial charge in [-0.05, 0) is 30.2 Å². The quantitative estimate of drug-likeness (QED) is 0.777. The Morgan fingerprint density at radius 1 is 1.40 bits per heavy atom. The number of nitrogens with zero attached hydrogens (tertiary/aromatic N) is 1. The molecule has 1 atom stereocenters. The summed E-state index contributed by atoms with van der Waals surface area (Å²) < 4.78 is 22.9. The van der Waals surface area contributed by atoms with E-state index in [-0.39, 0.29) is 19.0 Å². The molecule has 1 aromatic rings. The number of hydrogen-bond donors (Lipinski definition) is 0. The number of ether oxygens (including phenoxy) is 2. The first-order chi connectivity index (χ1) is 9.56. The lowest BCUT2D eigenvalue weighted by Gasteiger charge is -2.34. The van der Waals surface area contributed by atoms with E-state index in [2.05, 4.69) is 0 Å². The standard InChI is InChI=1S/C14H16FNO4/c1-3-20-14(18)16-8-10-6-11(15)5-4-9(10)7-12(16)13(17)19-2/h4-6,12H,3,7-8H2,1-2H3/t12-/m1/s1. The van der Waals surface area contributed by atoms with Gasteiger partial charge in [-0.3, -0.25) is 4.90 Å². The normalized spacial score (nSPS) is 17.4. The van der Waals surface area contributed by atoms with Crippen molar-refractivity contribution in [2.24, 2.45) is 0 Å². The molecule has 1 heterocycles. The highest BCUT2D eigenvalue weighted by molar-refractivity contribution is 5.82. The Morgan fingerprint density at radius 2 is 2.15 bits per heavy atom. The molecule has 108 valence electrons. The summed E-state index contributed by atoms with van der Waals surface area (Å²) in [6.45, 7) is 2.02. The third kappa shape index (κ3) is 2.74. The molecule has 0 saturated heterocycles. The van der Waals surface area contributed by atoms with E-state index < -0.39 is 18.1 Å². The van der Waals surface area contributed by atoms with Crippen LogP contribution in [-0.2, 0) is 27.2 Å². The Hall–Kier alpha value is -2.11. The molecular formula is C14H16FNO4. The molecule has 0 bridgehead atoms. The highest BCUT2D eigenvalue weighted by Gasteiger charge is 2.36. The fraction of sp³-hybridized carbons (Fsp3) is 0.429. The monoisotopic (exact) mass is 281 g/mol. The number of rotatable bonds is 2. The molecule has 0 aliphatic carbocycles. The number of hydrogen-bond acceptors (Lipinski definition) is 4. The van der Waals surface area contributed by atoms with Gasteiger partial charge in [-0.2, -0.15) is 0 Å². The van der Waals surface area contributed by atoms with Crippen LogP contribution in [0, 0.1) is 5.82 Å². The predicted molar refractivity (Wildman–Crippen MR) is 68.5 cm³/mol. The van der Waals surface area contributed by atoms with Crippen molar-refractivity contribution in [1.29, 1.82) is 0 Å². The molecule has 1 aliphatic heterocycles. The van der Waals surface area contributed by atoms with Crippen molar-refractivity contribution in [2.45, 2.75) is 25.9 Å². The molecule has 0 N–H and O–H groups in total. The number of carbonyl (C=O) groups is 2. The van der Waals surface area contributed by atoms with Gasteiger partial charge in [0.05, 0.1) is 20.3 Å². The van der Waals surface area contributed by atoms with Gasteiger partial charge < -0.3 is 9.47 Å². The van der Waals surface area contributed by atoms with Gasteiger partial charge in [-0.15, -0.1) is 0 Å². The summed E-state index contributed by atoms with van der Waals surface area (Å²) in [7, 11) is 1.27. The van der Waals surface area contributed by atoms with E-state index in [1.54, 1.807) is 13.0 Å². The average molecular weight is 281 g/mol. The van der Waals surface area contributed by atoms with Gasteiger partial charge in [0, 0.05) is 6.42 Å². The summed E-state index contributed by atoms with van der Waals surface area (Å²) in [5.41, 5.74) is 1.51. The third-order valence-electron chi connectivity index (χ3n) is 3.27. The smallest absolute Gasteiger partial charge is 0.410 e. The van der Waals surface area contributed by atoms with E-state index in [0.717, 1.165) is 5.56 Å². The van der Waals surface area contributed by atoms with Gasteiger partial charge in [-0.25, -0.2) is 14.0 Å². The first kappa shape index (κ1) is 14.3. The maximum absolute atomic E-state index is 13.3. The molecule has 1 aromatic carbocycles. The Bertz CT molecular complexity index is 532. The van der Waals surface area contributed by atoms with Crippen molar-refractivity contribution in [2.75, 3.05) is 13.7 Å². The van der Waals surface area contributed by atoms with Gasteiger partial charge in [-0.1, -0.05) is 6.07 Å². The first-order valence-electron chi connectivity index (χ1n) is 6.35. The van der Waals surface area contributed by atoms with Crippen LogP contribution in [0.25, 0.3) is 0 Å². The zero-order chi connectivity index (χ0) is 14.7. The zero-order valence-electron chi connectivity index (χ0n) is 11.4. The molecular weight excluding hydrogens is 265 g/mol. The van der Waals surface area contributed by atoms with Gasteiger partial charge in [0.15, 0.2) is 0 Å². The second kappa shape index (κ2) is 5.90. The molecule has 2 rings (SSSR count). The lowest BCUT2D eigenvalue weighted by Crippen LogP contribution is -2.49. The number of methoxy groups -OCH3 is 1. The lowest BCUT2D eigenvalue weighted by atomic mass is 9.94. The second-order valence-corrected chi connectivity index (χ2v) is 4.48. The summed E-state index contributed by atoms with van der Waals surface area (Å²) >= 11 is 0. The van der Waals surface area contributed by atoms with Crippen molar-refractivity contribution < 1.29 is 23.5 Å². The topological polar surface area (TPSA) is 55.8 Å². The van der Waals surface area contributed by atoms with E-state index in [1.807, 2.05) is 0 Å². The molecule has 5 nitrogen and oxygen atoms in total. The summed E-state index contributed by atoms with van der Waals surface area (Å²) in [6.07, 6.45) is -0.306. The first-order valence-corrected chi connectivity index (χ1v) is 6.35. The summed E-state index contributed by atoms with van der Waals surface area (Å²) in [6, 6.07) is 3.60. The highest BCUT2D eigenvalue weighted by atomic mass is 19.1. The number of carbonyl (C=O) groups excluding carboxylic acids is 2. The Labute approximate surface area is 116 Å². The number of amides is 1. The van der Waals surface area contributed by atoms with E-state index in [9.17, 15) is 14.0 Å². The number of fused-ring (bicyclic) bond motifs is 1. The summed E-state index contributed by atoms with van der Waals surface area (Å²) in [5, 5.41) is 0. The van der Waals surface area contributed by atoms with Crippen molar-refractivity contribution in [3.05, 3.63) is 35.1 Å². The van der Waals surface area contributed by atoms with E-state index >= 15 is 0 Å². The second-order valence-electron chi connectivity index (χ2n) is 4.48. The van der Waals surface area contributed by atoms with Crippen molar-refractivity contribution in [1.82, 2.24) is 4.90 Å². The van der Waals surface area contributed by atoms with Crippen LogP contribution in [0.5, 0.6) is 0 Å². The van der Waals surface area contributed by atoms with Crippen molar-refractivity contribution in [3.63, 3.8) is 0 Å². The van der Waals surface area contributed by atoms with E-state index in [0.29, 0.717) is 12.0 Å². The van der Waals surface area contributed by atoms with Crippen LogP contribution in [0.4, 0.5) is 9.18 Å². The van der Waals surface area contributed by atoms with Gasteiger partial charge >= 0.3 is 12.1 Å². The van der Waals surface area contributed by atoms with Crippen LogP contribution in [0.1, 0.15) is 18.1 Å². The van der Waals surface area contributed by atoms with Crippen LogP contribution in [0.2, 0.25) is 0 Å². The highest BCUT2D eigenvalue weighted by Crippen LogP contribution is 2.25. The zero-order valence-corrected chi connectivity index (χ0v) is 11.4. The maximum atomic E-state index is 13.3. The van der Waals surface area contributed by atoms with Crippen LogP contribution < -0.4 is 0 Å². The molecule has 0 aromatic heterocycles. The SMILES string of the molecule is CCOC(=O)N1Cc2cc(F)ccc2C[C@@H]1C(=O)OC. The molecule has 1 aliphatic rings. The predicted octanol–water partition coefficient (Wildman–Crippen LogP) is 1.88. The van der Waals surface area contributed by atoms with E-state index in [4.69, 9.17) is 9.47 Å². The molecule has 20 heavy (non-hydrogen) atoms. The number of halogens is 1. The minimum atomic E-state index is -0.739. The molecule has 6 heteroatoms. The van der Waals surface area contributed by atoms with Gasteiger partial charge in [0.1, 0.15) is 11.9 Å². The van der Waals surface area contributed by atoms with Gasteiger partial charge in [0.2, 0.25) is 0 Å². The van der Waals surface area contributed by atoms with Crippen molar-refractivity contribution >= 4 is 12.1 Å². The molecule has 0 fully saturated rings.